The second kappa shape index (κ2) is 6.25. The van der Waals surface area contributed by atoms with Crippen LogP contribution in [0, 0.1) is 6.92 Å². The van der Waals surface area contributed by atoms with Crippen LogP contribution in [0.25, 0.3) is 0 Å². The summed E-state index contributed by atoms with van der Waals surface area (Å²) in [5.41, 5.74) is 8.15. The molecule has 0 aliphatic heterocycles. The lowest BCUT2D eigenvalue weighted by atomic mass is 10.2. The van der Waals surface area contributed by atoms with E-state index in [0.29, 0.717) is 12.1 Å². The normalized spacial score (nSPS) is 13.1. The average Bonchev–Trinajstić information content (AvgIpc) is 2.32. The molecule has 0 aromatic heterocycles. The van der Waals surface area contributed by atoms with Crippen LogP contribution in [0.2, 0.25) is 0 Å². The van der Waals surface area contributed by atoms with Gasteiger partial charge in [0.25, 0.3) is 0 Å². The predicted octanol–water partition coefficient (Wildman–Crippen LogP) is 1.54. The molecule has 0 fully saturated rings. The summed E-state index contributed by atoms with van der Waals surface area (Å²) in [6.45, 7) is 3.93. The van der Waals surface area contributed by atoms with Crippen molar-refractivity contribution in [2.24, 2.45) is 5.73 Å². The predicted molar refractivity (Wildman–Crippen MR) is 81.2 cm³/mol. The van der Waals surface area contributed by atoms with E-state index < -0.39 is 15.3 Å². The zero-order valence-electron chi connectivity index (χ0n) is 12.0. The van der Waals surface area contributed by atoms with Crippen molar-refractivity contribution in [1.82, 2.24) is 0 Å². The van der Waals surface area contributed by atoms with E-state index in [1.807, 2.05) is 45.0 Å². The van der Waals surface area contributed by atoms with E-state index in [1.165, 1.54) is 0 Å². The fourth-order valence-corrected chi connectivity index (χ4v) is 3.23. The van der Waals surface area contributed by atoms with Crippen LogP contribution >= 0.6 is 0 Å². The number of sulfonamides is 1. The van der Waals surface area contributed by atoms with Gasteiger partial charge in [0.15, 0.2) is 0 Å². The smallest absolute Gasteiger partial charge is 0.236 e. The Labute approximate surface area is 115 Å². The van der Waals surface area contributed by atoms with Gasteiger partial charge in [-0.15, -0.1) is 0 Å². The monoisotopic (exact) mass is 285 g/mol. The van der Waals surface area contributed by atoms with E-state index in [4.69, 9.17) is 5.73 Å². The lowest BCUT2D eigenvalue weighted by molar-refractivity contribution is 0.581. The van der Waals surface area contributed by atoms with E-state index in [1.54, 1.807) is 6.07 Å². The summed E-state index contributed by atoms with van der Waals surface area (Å²) in [7, 11) is 0.427. The Morgan fingerprint density at radius 3 is 2.47 bits per heavy atom. The molecule has 6 heteroatoms. The molecule has 1 rings (SSSR count). The number of rotatable bonds is 6. The number of benzene rings is 1. The third-order valence-electron chi connectivity index (χ3n) is 3.11. The Morgan fingerprint density at radius 2 is 2.00 bits per heavy atom. The maximum Gasteiger partial charge on any atom is 0.236 e. The largest absolute Gasteiger partial charge is 0.377 e. The topological polar surface area (TPSA) is 75.4 Å². The average molecular weight is 285 g/mol. The summed E-state index contributed by atoms with van der Waals surface area (Å²) in [5, 5.41) is -0.559. The summed E-state index contributed by atoms with van der Waals surface area (Å²) in [6.07, 6.45) is 0.498. The van der Waals surface area contributed by atoms with Crippen molar-refractivity contribution >= 4 is 21.4 Å². The summed E-state index contributed by atoms with van der Waals surface area (Å²) < 4.78 is 26.9. The summed E-state index contributed by atoms with van der Waals surface area (Å²) >= 11 is 0. The van der Waals surface area contributed by atoms with E-state index in [-0.39, 0.29) is 6.54 Å². The molecule has 1 unspecified atom stereocenters. The molecule has 1 aromatic carbocycles. The number of aryl methyl sites for hydroxylation is 1. The highest BCUT2D eigenvalue weighted by molar-refractivity contribution is 7.93. The van der Waals surface area contributed by atoms with Gasteiger partial charge >= 0.3 is 0 Å². The van der Waals surface area contributed by atoms with Crippen LogP contribution in [0.3, 0.4) is 0 Å². The number of hydrogen-bond donors (Lipinski definition) is 2. The SMILES string of the molecule is CCC(CN)S(=O)(=O)Nc1ccc(C)c(N(C)C)c1. The Morgan fingerprint density at radius 1 is 1.37 bits per heavy atom. The molecule has 0 amide bonds. The highest BCUT2D eigenvalue weighted by Gasteiger charge is 2.22. The third-order valence-corrected chi connectivity index (χ3v) is 5.03. The van der Waals surface area contributed by atoms with Crippen LogP contribution in [0.1, 0.15) is 18.9 Å². The van der Waals surface area contributed by atoms with Crippen LogP contribution in [0.4, 0.5) is 11.4 Å². The third kappa shape index (κ3) is 3.84. The van der Waals surface area contributed by atoms with Crippen LogP contribution < -0.4 is 15.4 Å². The van der Waals surface area contributed by atoms with Gasteiger partial charge in [-0.25, -0.2) is 8.42 Å². The molecule has 0 aliphatic rings. The van der Waals surface area contributed by atoms with Crippen LogP contribution in [-0.4, -0.2) is 34.3 Å². The van der Waals surface area contributed by atoms with Crippen molar-refractivity contribution in [1.29, 1.82) is 0 Å². The van der Waals surface area contributed by atoms with Gasteiger partial charge in [-0.3, -0.25) is 4.72 Å². The molecule has 3 N–H and O–H groups in total. The first-order valence-electron chi connectivity index (χ1n) is 6.31. The Bertz CT molecular complexity index is 523. The van der Waals surface area contributed by atoms with E-state index in [0.717, 1.165) is 11.3 Å². The molecule has 1 aromatic rings. The van der Waals surface area contributed by atoms with E-state index in [2.05, 4.69) is 4.72 Å². The number of nitrogens with zero attached hydrogens (tertiary/aromatic N) is 1. The number of nitrogens with one attached hydrogen (secondary N) is 1. The molecule has 5 nitrogen and oxygen atoms in total. The van der Waals surface area contributed by atoms with Crippen molar-refractivity contribution in [3.8, 4) is 0 Å². The van der Waals surface area contributed by atoms with Gasteiger partial charge in [-0.1, -0.05) is 13.0 Å². The highest BCUT2D eigenvalue weighted by atomic mass is 32.2. The molecular weight excluding hydrogens is 262 g/mol. The molecule has 0 saturated carbocycles. The fraction of sp³-hybridized carbons (Fsp3) is 0.538. The van der Waals surface area contributed by atoms with E-state index >= 15 is 0 Å². The number of anilines is 2. The molecular formula is C13H23N3O2S. The van der Waals surface area contributed by atoms with Crippen molar-refractivity contribution in [3.63, 3.8) is 0 Å². The summed E-state index contributed by atoms with van der Waals surface area (Å²) in [6, 6.07) is 5.50. The van der Waals surface area contributed by atoms with Gasteiger partial charge in [0.2, 0.25) is 10.0 Å². The second-order valence-electron chi connectivity index (χ2n) is 4.81. The maximum absolute atomic E-state index is 12.1. The van der Waals surface area contributed by atoms with Gasteiger partial charge in [0.05, 0.1) is 10.9 Å². The van der Waals surface area contributed by atoms with Gasteiger partial charge in [-0.2, -0.15) is 0 Å². The standard InChI is InChI=1S/C13H23N3O2S/c1-5-12(9-14)19(17,18)15-11-7-6-10(2)13(8-11)16(3)4/h6-8,12,15H,5,9,14H2,1-4H3. The van der Waals surface area contributed by atoms with E-state index in [9.17, 15) is 8.42 Å². The summed E-state index contributed by atoms with van der Waals surface area (Å²) in [5.74, 6) is 0. The molecule has 0 radical (unpaired) electrons. The molecule has 0 saturated heterocycles. The minimum Gasteiger partial charge on any atom is -0.377 e. The van der Waals surface area contributed by atoms with Crippen molar-refractivity contribution in [3.05, 3.63) is 23.8 Å². The molecule has 108 valence electrons. The van der Waals surface area contributed by atoms with Gasteiger partial charge in [0.1, 0.15) is 0 Å². The highest BCUT2D eigenvalue weighted by Crippen LogP contribution is 2.24. The first-order valence-corrected chi connectivity index (χ1v) is 7.86. The minimum atomic E-state index is -3.42. The van der Waals surface area contributed by atoms with Crippen molar-refractivity contribution in [2.45, 2.75) is 25.5 Å². The molecule has 0 heterocycles. The minimum absolute atomic E-state index is 0.123. The van der Waals surface area contributed by atoms with Gasteiger partial charge in [0, 0.05) is 26.3 Å². The zero-order chi connectivity index (χ0) is 14.6. The van der Waals surface area contributed by atoms with Gasteiger partial charge in [-0.05, 0) is 31.0 Å². The Hall–Kier alpha value is -1.27. The quantitative estimate of drug-likeness (QED) is 0.831. The lowest BCUT2D eigenvalue weighted by Gasteiger charge is -2.19. The molecule has 19 heavy (non-hydrogen) atoms. The molecule has 0 aliphatic carbocycles. The summed E-state index contributed by atoms with van der Waals surface area (Å²) in [4.78, 5) is 1.95. The molecule has 0 spiro atoms. The number of hydrogen-bond acceptors (Lipinski definition) is 4. The molecule has 1 atom stereocenters. The second-order valence-corrected chi connectivity index (χ2v) is 6.77. The van der Waals surface area contributed by atoms with Crippen molar-refractivity contribution in [2.75, 3.05) is 30.3 Å². The van der Waals surface area contributed by atoms with Crippen molar-refractivity contribution < 1.29 is 8.42 Å². The Balaban J connectivity index is 3.03. The van der Waals surface area contributed by atoms with Gasteiger partial charge < -0.3 is 10.6 Å². The Kier molecular flexibility index (Phi) is 5.20. The fourth-order valence-electron chi connectivity index (χ4n) is 1.92. The first-order chi connectivity index (χ1) is 8.81. The number of nitrogens with two attached hydrogens (primary N) is 1. The first kappa shape index (κ1) is 15.8. The zero-order valence-corrected chi connectivity index (χ0v) is 12.8. The lowest BCUT2D eigenvalue weighted by Crippen LogP contribution is -2.33. The maximum atomic E-state index is 12.1. The van der Waals surface area contributed by atoms with Crippen LogP contribution in [0.5, 0.6) is 0 Å². The van der Waals surface area contributed by atoms with Crippen LogP contribution in [-0.2, 0) is 10.0 Å². The van der Waals surface area contributed by atoms with Crippen LogP contribution in [0.15, 0.2) is 18.2 Å². The molecule has 0 bridgehead atoms.